The average Bonchev–Trinajstić information content (AvgIpc) is 3.01. The number of nitrogens with zero attached hydrogens (tertiary/aromatic N) is 1. The van der Waals surface area contributed by atoms with E-state index < -0.39 is 67.8 Å². The van der Waals surface area contributed by atoms with Gasteiger partial charge in [0.05, 0.1) is 21.3 Å². The summed E-state index contributed by atoms with van der Waals surface area (Å²) in [6, 6.07) is 23.0. The van der Waals surface area contributed by atoms with Crippen molar-refractivity contribution in [2.45, 2.75) is 0 Å². The van der Waals surface area contributed by atoms with Crippen LogP contribution in [0.1, 0.15) is 0 Å². The van der Waals surface area contributed by atoms with E-state index in [0.717, 1.165) is 4.90 Å². The number of hydrogen-bond donors (Lipinski definition) is 0. The Morgan fingerprint density at radius 1 is 0.429 bits per heavy atom. The zero-order valence-corrected chi connectivity index (χ0v) is 22.5. The zero-order chi connectivity index (χ0) is 29.9. The van der Waals surface area contributed by atoms with E-state index in [1.54, 1.807) is 54.6 Å². The van der Waals surface area contributed by atoms with Crippen molar-refractivity contribution in [2.24, 2.45) is 0 Å². The fourth-order valence-corrected chi connectivity index (χ4v) is 5.39. The molecule has 0 aromatic heterocycles. The topological polar surface area (TPSA) is 3.24 Å². The van der Waals surface area contributed by atoms with E-state index in [0.29, 0.717) is 21.5 Å². The van der Waals surface area contributed by atoms with Crippen LogP contribution < -0.4 is 4.90 Å². The Kier molecular flexibility index (Phi) is 6.89. The highest BCUT2D eigenvalue weighted by molar-refractivity contribution is 9.10. The molecule has 0 heterocycles. The van der Waals surface area contributed by atoms with E-state index in [1.165, 1.54) is 24.3 Å². The second kappa shape index (κ2) is 10.4. The van der Waals surface area contributed by atoms with Crippen LogP contribution in [0.15, 0.2) is 89.4 Å². The number of anilines is 3. The molecule has 0 fully saturated rings. The second-order valence-electron chi connectivity index (χ2n) is 9.26. The number of hydrogen-bond acceptors (Lipinski definition) is 1. The van der Waals surface area contributed by atoms with Crippen molar-refractivity contribution in [1.29, 1.82) is 0 Å². The number of fused-ring (bicyclic) bond motifs is 2. The van der Waals surface area contributed by atoms with Gasteiger partial charge in [-0.1, -0.05) is 66.7 Å². The Labute approximate surface area is 241 Å². The molecule has 0 aliphatic carbocycles. The molecule has 0 aliphatic rings. The van der Waals surface area contributed by atoms with Crippen molar-refractivity contribution in [3.8, 4) is 11.1 Å². The van der Waals surface area contributed by atoms with Gasteiger partial charge in [-0.25, -0.2) is 35.1 Å². The first-order valence-corrected chi connectivity index (χ1v) is 13.1. The minimum Gasteiger partial charge on any atom is -0.304 e. The summed E-state index contributed by atoms with van der Waals surface area (Å²) in [5.74, 6) is -17.2. The molecule has 210 valence electrons. The molecule has 0 radical (unpaired) electrons. The van der Waals surface area contributed by atoms with Gasteiger partial charge in [0.25, 0.3) is 0 Å². The summed E-state index contributed by atoms with van der Waals surface area (Å²) >= 11 is 2.30. The van der Waals surface area contributed by atoms with E-state index >= 15 is 17.6 Å². The standard InChI is InChI=1S/C32H14BrF8N/c33-22-27(38)23(34)20(24(35)28(22)39)21-25(36)29(40)32(30(41)26(21)37)42(17-10-2-1-3-11-17)31-18-12-6-4-8-15(18)14-16-9-5-7-13-19(16)31/h1-14H. The van der Waals surface area contributed by atoms with Crippen LogP contribution in [0.2, 0.25) is 0 Å². The van der Waals surface area contributed by atoms with Gasteiger partial charge in [-0.2, -0.15) is 0 Å². The second-order valence-corrected chi connectivity index (χ2v) is 10.1. The lowest BCUT2D eigenvalue weighted by molar-refractivity contribution is 0.439. The minimum atomic E-state index is -2.26. The molecule has 6 rings (SSSR count). The summed E-state index contributed by atoms with van der Waals surface area (Å²) in [6.07, 6.45) is 0. The molecule has 0 bridgehead atoms. The third-order valence-electron chi connectivity index (χ3n) is 6.90. The maximum absolute atomic E-state index is 16.1. The van der Waals surface area contributed by atoms with Crippen molar-refractivity contribution in [1.82, 2.24) is 0 Å². The normalized spacial score (nSPS) is 11.5. The van der Waals surface area contributed by atoms with Gasteiger partial charge in [0.1, 0.15) is 5.69 Å². The molecular weight excluding hydrogens is 630 g/mol. The molecule has 0 unspecified atom stereocenters. The fraction of sp³-hybridized carbons (Fsp3) is 0. The quantitative estimate of drug-likeness (QED) is 0.0799. The lowest BCUT2D eigenvalue weighted by Gasteiger charge is -2.29. The van der Waals surface area contributed by atoms with Crippen LogP contribution in [0.5, 0.6) is 0 Å². The lowest BCUT2D eigenvalue weighted by atomic mass is 9.97. The molecule has 0 aliphatic heterocycles. The highest BCUT2D eigenvalue weighted by atomic mass is 79.9. The summed E-state index contributed by atoms with van der Waals surface area (Å²) in [7, 11) is 0. The first kappa shape index (κ1) is 27.7. The molecule has 0 spiro atoms. The molecular formula is C32H14BrF8N. The van der Waals surface area contributed by atoms with Crippen molar-refractivity contribution in [3.05, 3.63) is 136 Å². The molecule has 0 N–H and O–H groups in total. The maximum Gasteiger partial charge on any atom is 0.186 e. The van der Waals surface area contributed by atoms with Crippen LogP contribution in [0.25, 0.3) is 32.7 Å². The molecule has 0 saturated heterocycles. The first-order valence-electron chi connectivity index (χ1n) is 12.3. The van der Waals surface area contributed by atoms with E-state index in [2.05, 4.69) is 15.9 Å². The van der Waals surface area contributed by atoms with Crippen molar-refractivity contribution in [2.75, 3.05) is 4.90 Å². The molecule has 0 atom stereocenters. The SMILES string of the molecule is Fc1c(F)c(-c2c(F)c(F)c(N(c3ccccc3)c3c4ccccc4cc4ccccc34)c(F)c2F)c(F)c(F)c1Br. The summed E-state index contributed by atoms with van der Waals surface area (Å²) in [6.45, 7) is 0. The van der Waals surface area contributed by atoms with E-state index in [4.69, 9.17) is 0 Å². The maximum atomic E-state index is 16.1. The van der Waals surface area contributed by atoms with Gasteiger partial charge < -0.3 is 4.90 Å². The molecule has 6 aromatic carbocycles. The van der Waals surface area contributed by atoms with Gasteiger partial charge in [-0.15, -0.1) is 0 Å². The Morgan fingerprint density at radius 2 is 0.833 bits per heavy atom. The predicted molar refractivity (Wildman–Crippen MR) is 149 cm³/mol. The largest absolute Gasteiger partial charge is 0.304 e. The van der Waals surface area contributed by atoms with Gasteiger partial charge in [0, 0.05) is 16.5 Å². The summed E-state index contributed by atoms with van der Waals surface area (Å²) in [5.41, 5.74) is -4.89. The van der Waals surface area contributed by atoms with Gasteiger partial charge in [-0.05, 0) is 44.9 Å². The highest BCUT2D eigenvalue weighted by Crippen LogP contribution is 2.48. The third-order valence-corrected chi connectivity index (χ3v) is 7.60. The van der Waals surface area contributed by atoms with Crippen LogP contribution in [0, 0.1) is 46.5 Å². The third kappa shape index (κ3) is 4.12. The highest BCUT2D eigenvalue weighted by Gasteiger charge is 2.36. The van der Waals surface area contributed by atoms with E-state index in [-0.39, 0.29) is 11.4 Å². The molecule has 0 saturated carbocycles. The lowest BCUT2D eigenvalue weighted by Crippen LogP contribution is -2.18. The van der Waals surface area contributed by atoms with Gasteiger partial charge in [0.2, 0.25) is 0 Å². The Bertz CT molecular complexity index is 1930. The van der Waals surface area contributed by atoms with Crippen LogP contribution in [0.3, 0.4) is 0 Å². The van der Waals surface area contributed by atoms with Crippen LogP contribution >= 0.6 is 15.9 Å². The summed E-state index contributed by atoms with van der Waals surface area (Å²) in [4.78, 5) is 0.959. The molecule has 0 amide bonds. The number of para-hydroxylation sites is 1. The van der Waals surface area contributed by atoms with Gasteiger partial charge >= 0.3 is 0 Å². The smallest absolute Gasteiger partial charge is 0.186 e. The average molecular weight is 644 g/mol. The number of benzene rings is 6. The molecule has 10 heteroatoms. The Balaban J connectivity index is 1.75. The van der Waals surface area contributed by atoms with Crippen molar-refractivity contribution >= 4 is 54.5 Å². The Morgan fingerprint density at radius 3 is 1.31 bits per heavy atom. The van der Waals surface area contributed by atoms with Crippen molar-refractivity contribution < 1.29 is 35.1 Å². The van der Waals surface area contributed by atoms with Crippen molar-refractivity contribution in [3.63, 3.8) is 0 Å². The van der Waals surface area contributed by atoms with E-state index in [1.807, 2.05) is 6.07 Å². The van der Waals surface area contributed by atoms with Crippen LogP contribution in [-0.2, 0) is 0 Å². The van der Waals surface area contributed by atoms with Crippen LogP contribution in [0.4, 0.5) is 52.2 Å². The molecule has 6 aromatic rings. The zero-order valence-electron chi connectivity index (χ0n) is 20.9. The van der Waals surface area contributed by atoms with Gasteiger partial charge in [0.15, 0.2) is 46.5 Å². The Hall–Kier alpha value is -4.44. The predicted octanol–water partition coefficient (Wildman–Crippen LogP) is 11.0. The van der Waals surface area contributed by atoms with Gasteiger partial charge in [-0.3, -0.25) is 0 Å². The van der Waals surface area contributed by atoms with Crippen LogP contribution in [-0.4, -0.2) is 0 Å². The summed E-state index contributed by atoms with van der Waals surface area (Å²) in [5, 5.41) is 2.18. The minimum absolute atomic E-state index is 0.0847. The fourth-order valence-electron chi connectivity index (χ4n) is 5.04. The van der Waals surface area contributed by atoms with E-state index in [9.17, 15) is 17.6 Å². The monoisotopic (exact) mass is 643 g/mol. The number of rotatable bonds is 4. The number of halogens is 9. The molecule has 1 nitrogen and oxygen atoms in total. The first-order chi connectivity index (χ1) is 20.1. The summed E-state index contributed by atoms with van der Waals surface area (Å²) < 4.78 is 120. The molecule has 42 heavy (non-hydrogen) atoms.